The largest absolute Gasteiger partial charge is 0.449 e. The summed E-state index contributed by atoms with van der Waals surface area (Å²) in [6.45, 7) is 3.65. The lowest BCUT2D eigenvalue weighted by Crippen LogP contribution is -2.31. The first-order valence-electron chi connectivity index (χ1n) is 7.88. The van der Waals surface area contributed by atoms with Gasteiger partial charge >= 0.3 is 5.97 Å². The van der Waals surface area contributed by atoms with E-state index in [0.29, 0.717) is 11.5 Å². The van der Waals surface area contributed by atoms with Gasteiger partial charge in [-0.1, -0.05) is 25.1 Å². The normalized spacial score (nSPS) is 18.3. The van der Waals surface area contributed by atoms with Gasteiger partial charge in [-0.15, -0.1) is 0 Å². The summed E-state index contributed by atoms with van der Waals surface area (Å²) in [6.07, 6.45) is 1.76. The molecule has 0 unspecified atom stereocenters. The molecule has 0 radical (unpaired) electrons. The topological polar surface area (TPSA) is 82.3 Å². The number of hydrogen-bond acceptors (Lipinski definition) is 4. The Kier molecular flexibility index (Phi) is 4.03. The molecule has 0 spiro atoms. The summed E-state index contributed by atoms with van der Waals surface area (Å²) < 4.78 is 5.27. The Balaban J connectivity index is 2.14. The number of amides is 1. The zero-order valence-corrected chi connectivity index (χ0v) is 13.3. The number of primary amides is 1. The highest BCUT2D eigenvalue weighted by molar-refractivity contribution is 6.05. The Bertz CT molecular complexity index is 785. The van der Waals surface area contributed by atoms with Gasteiger partial charge < -0.3 is 10.5 Å². The van der Waals surface area contributed by atoms with Crippen molar-refractivity contribution in [2.24, 2.45) is 11.7 Å². The summed E-state index contributed by atoms with van der Waals surface area (Å²) in [7, 11) is 0. The number of aromatic nitrogens is 1. The van der Waals surface area contributed by atoms with Crippen LogP contribution in [-0.4, -0.2) is 23.0 Å². The first kappa shape index (κ1) is 15.5. The Hall–Kier alpha value is -2.43. The molecule has 1 heterocycles. The molecule has 5 heteroatoms. The van der Waals surface area contributed by atoms with Gasteiger partial charge in [0.05, 0.1) is 11.1 Å². The lowest BCUT2D eigenvalue weighted by atomic mass is 9.84. The van der Waals surface area contributed by atoms with Crippen molar-refractivity contribution in [2.75, 3.05) is 0 Å². The maximum atomic E-state index is 12.7. The quantitative estimate of drug-likeness (QED) is 0.882. The van der Waals surface area contributed by atoms with Crippen molar-refractivity contribution >= 4 is 22.8 Å². The van der Waals surface area contributed by atoms with Crippen LogP contribution in [0.1, 0.15) is 41.9 Å². The van der Waals surface area contributed by atoms with Crippen LogP contribution in [0.2, 0.25) is 0 Å². The zero-order valence-electron chi connectivity index (χ0n) is 13.3. The van der Waals surface area contributed by atoms with Crippen molar-refractivity contribution in [1.29, 1.82) is 0 Å². The number of pyridine rings is 1. The van der Waals surface area contributed by atoms with E-state index in [9.17, 15) is 9.59 Å². The molecule has 1 aromatic heterocycles. The molecule has 0 saturated heterocycles. The third-order valence-electron chi connectivity index (χ3n) is 4.39. The molecule has 0 fully saturated rings. The molecule has 2 aromatic rings. The average Bonchev–Trinajstić information content (AvgIpc) is 2.52. The van der Waals surface area contributed by atoms with Crippen LogP contribution in [0.4, 0.5) is 0 Å². The number of ether oxygens (including phenoxy) is 1. The molecular weight excluding hydrogens is 292 g/mol. The molecule has 120 valence electrons. The first-order valence-corrected chi connectivity index (χ1v) is 7.88. The van der Waals surface area contributed by atoms with Gasteiger partial charge in [-0.3, -0.25) is 9.78 Å². The lowest BCUT2D eigenvalue weighted by molar-refractivity contribution is -0.125. The SMILES string of the molecule is C[C@@H]1CCc2nc3ccccc3c(C(=O)O[C@H](C)C(N)=O)c2C1. The lowest BCUT2D eigenvalue weighted by Gasteiger charge is -2.24. The van der Waals surface area contributed by atoms with E-state index >= 15 is 0 Å². The van der Waals surface area contributed by atoms with E-state index in [2.05, 4.69) is 6.92 Å². The first-order chi connectivity index (χ1) is 11.0. The second-order valence-electron chi connectivity index (χ2n) is 6.23. The fourth-order valence-electron chi connectivity index (χ4n) is 3.07. The second kappa shape index (κ2) is 5.99. The number of para-hydroxylation sites is 1. The number of esters is 1. The second-order valence-corrected chi connectivity index (χ2v) is 6.23. The van der Waals surface area contributed by atoms with Crippen LogP contribution in [0.25, 0.3) is 10.9 Å². The van der Waals surface area contributed by atoms with E-state index in [1.54, 1.807) is 0 Å². The van der Waals surface area contributed by atoms with Crippen molar-refractivity contribution in [1.82, 2.24) is 4.98 Å². The molecule has 0 aliphatic heterocycles. The molecule has 3 rings (SSSR count). The van der Waals surface area contributed by atoms with E-state index in [1.165, 1.54) is 6.92 Å². The van der Waals surface area contributed by atoms with Gasteiger partial charge in [0.1, 0.15) is 0 Å². The maximum Gasteiger partial charge on any atom is 0.339 e. The minimum atomic E-state index is -0.953. The molecule has 1 aliphatic carbocycles. The summed E-state index contributed by atoms with van der Waals surface area (Å²) in [5, 5.41) is 0.766. The Morgan fingerprint density at radius 2 is 2.09 bits per heavy atom. The van der Waals surface area contributed by atoms with Gasteiger partial charge in [-0.2, -0.15) is 0 Å². The molecule has 1 amide bonds. The number of carbonyl (C=O) groups is 2. The maximum absolute atomic E-state index is 12.7. The smallest absolute Gasteiger partial charge is 0.339 e. The van der Waals surface area contributed by atoms with Gasteiger partial charge in [-0.05, 0) is 43.7 Å². The molecule has 23 heavy (non-hydrogen) atoms. The van der Waals surface area contributed by atoms with Crippen LogP contribution in [-0.2, 0) is 22.4 Å². The minimum absolute atomic E-state index is 0.491. The fraction of sp³-hybridized carbons (Fsp3) is 0.389. The fourth-order valence-corrected chi connectivity index (χ4v) is 3.07. The number of nitrogens with zero attached hydrogens (tertiary/aromatic N) is 1. The van der Waals surface area contributed by atoms with Gasteiger partial charge in [0.2, 0.25) is 0 Å². The molecule has 2 atom stereocenters. The zero-order chi connectivity index (χ0) is 16.6. The van der Waals surface area contributed by atoms with E-state index in [4.69, 9.17) is 15.5 Å². The highest BCUT2D eigenvalue weighted by atomic mass is 16.5. The van der Waals surface area contributed by atoms with Crippen molar-refractivity contribution in [3.8, 4) is 0 Å². The van der Waals surface area contributed by atoms with Crippen molar-refractivity contribution in [3.63, 3.8) is 0 Å². The summed E-state index contributed by atoms with van der Waals surface area (Å²) >= 11 is 0. The molecule has 1 aliphatic rings. The van der Waals surface area contributed by atoms with Crippen LogP contribution < -0.4 is 5.73 Å². The van der Waals surface area contributed by atoms with Crippen LogP contribution >= 0.6 is 0 Å². The van der Waals surface area contributed by atoms with E-state index in [1.807, 2.05) is 24.3 Å². The Morgan fingerprint density at radius 3 is 2.83 bits per heavy atom. The number of fused-ring (bicyclic) bond motifs is 2. The Labute approximate surface area is 134 Å². The van der Waals surface area contributed by atoms with E-state index in [0.717, 1.165) is 41.4 Å². The highest BCUT2D eigenvalue weighted by Gasteiger charge is 2.27. The van der Waals surface area contributed by atoms with Crippen molar-refractivity contribution in [3.05, 3.63) is 41.1 Å². The summed E-state index contributed by atoms with van der Waals surface area (Å²) in [4.78, 5) is 28.6. The van der Waals surface area contributed by atoms with Gasteiger partial charge in [0, 0.05) is 11.1 Å². The van der Waals surface area contributed by atoms with Gasteiger partial charge in [0.15, 0.2) is 6.10 Å². The molecule has 0 bridgehead atoms. The monoisotopic (exact) mass is 312 g/mol. The molecule has 0 saturated carbocycles. The van der Waals surface area contributed by atoms with Crippen LogP contribution in [0, 0.1) is 5.92 Å². The van der Waals surface area contributed by atoms with Crippen LogP contribution in [0.15, 0.2) is 24.3 Å². The van der Waals surface area contributed by atoms with E-state index < -0.39 is 18.0 Å². The van der Waals surface area contributed by atoms with Crippen LogP contribution in [0.5, 0.6) is 0 Å². The number of nitrogens with two attached hydrogens (primary N) is 1. The molecule has 2 N–H and O–H groups in total. The summed E-state index contributed by atoms with van der Waals surface area (Å²) in [5.41, 5.74) is 8.42. The molecular formula is C18H20N2O3. The third kappa shape index (κ3) is 2.91. The molecule has 5 nitrogen and oxygen atoms in total. The third-order valence-corrected chi connectivity index (χ3v) is 4.39. The number of hydrogen-bond donors (Lipinski definition) is 1. The number of benzene rings is 1. The van der Waals surface area contributed by atoms with Gasteiger partial charge in [-0.25, -0.2) is 4.79 Å². The van der Waals surface area contributed by atoms with Gasteiger partial charge in [0.25, 0.3) is 5.91 Å². The minimum Gasteiger partial charge on any atom is -0.449 e. The number of rotatable bonds is 3. The number of aryl methyl sites for hydroxylation is 1. The van der Waals surface area contributed by atoms with Crippen LogP contribution in [0.3, 0.4) is 0 Å². The standard InChI is InChI=1S/C18H20N2O3/c1-10-7-8-15-13(9-10)16(18(22)23-11(2)17(19)21)12-5-3-4-6-14(12)20-15/h3-6,10-11H,7-9H2,1-2H3,(H2,19,21)/t10-,11-/m1/s1. The predicted molar refractivity (Wildman–Crippen MR) is 87.0 cm³/mol. The van der Waals surface area contributed by atoms with Crippen molar-refractivity contribution in [2.45, 2.75) is 39.2 Å². The predicted octanol–water partition coefficient (Wildman–Crippen LogP) is 2.39. The number of carbonyl (C=O) groups excluding carboxylic acids is 2. The summed E-state index contributed by atoms with van der Waals surface area (Å²) in [5.74, 6) is -0.662. The summed E-state index contributed by atoms with van der Waals surface area (Å²) in [6, 6.07) is 7.53. The Morgan fingerprint density at radius 1 is 1.35 bits per heavy atom. The molecule has 1 aromatic carbocycles. The van der Waals surface area contributed by atoms with Crippen molar-refractivity contribution < 1.29 is 14.3 Å². The highest BCUT2D eigenvalue weighted by Crippen LogP contribution is 2.32. The van der Waals surface area contributed by atoms with E-state index in [-0.39, 0.29) is 0 Å². The average molecular weight is 312 g/mol.